The first-order chi connectivity index (χ1) is 8.66. The Bertz CT molecular complexity index is 622. The average Bonchev–Trinajstić information content (AvgIpc) is 2.53. The lowest BCUT2D eigenvalue weighted by molar-refractivity contribution is 0.709. The molecule has 4 heteroatoms. The molecule has 1 aromatic carbocycles. The number of aromatic nitrogens is 1. The van der Waals surface area contributed by atoms with Crippen LogP contribution in [0.4, 0.5) is 0 Å². The van der Waals surface area contributed by atoms with E-state index in [1.54, 1.807) is 6.07 Å². The van der Waals surface area contributed by atoms with Gasteiger partial charge in [0.05, 0.1) is 15.6 Å². The van der Waals surface area contributed by atoms with E-state index >= 15 is 0 Å². The summed E-state index contributed by atoms with van der Waals surface area (Å²) in [7, 11) is 0. The average molecular weight is 301 g/mol. The summed E-state index contributed by atoms with van der Waals surface area (Å²) in [6, 6.07) is 3.56. The van der Waals surface area contributed by atoms with Crippen LogP contribution in [0.1, 0.15) is 30.5 Å². The largest absolute Gasteiger partial charge is 0.252 e. The van der Waals surface area contributed by atoms with Crippen LogP contribution >= 0.6 is 34.8 Å². The third kappa shape index (κ3) is 2.09. The summed E-state index contributed by atoms with van der Waals surface area (Å²) in [5, 5.41) is 2.79. The molecule has 1 aliphatic carbocycles. The van der Waals surface area contributed by atoms with E-state index < -0.39 is 0 Å². The van der Waals surface area contributed by atoms with Gasteiger partial charge in [0, 0.05) is 16.1 Å². The number of rotatable bonds is 0. The number of benzene rings is 1. The molecule has 0 radical (unpaired) electrons. The molecular weight excluding hydrogens is 289 g/mol. The number of halogens is 3. The molecule has 0 saturated heterocycles. The van der Waals surface area contributed by atoms with Gasteiger partial charge in [0.15, 0.2) is 0 Å². The van der Waals surface area contributed by atoms with Gasteiger partial charge in [-0.1, -0.05) is 41.2 Å². The third-order valence-corrected chi connectivity index (χ3v) is 4.40. The topological polar surface area (TPSA) is 12.9 Å². The fourth-order valence-electron chi connectivity index (χ4n) is 2.59. The van der Waals surface area contributed by atoms with Crippen molar-refractivity contribution in [2.75, 3.05) is 0 Å². The Balaban J connectivity index is 2.34. The van der Waals surface area contributed by atoms with E-state index in [-0.39, 0.29) is 0 Å². The zero-order valence-electron chi connectivity index (χ0n) is 9.77. The summed E-state index contributed by atoms with van der Waals surface area (Å²) in [4.78, 5) is 4.70. The van der Waals surface area contributed by atoms with Gasteiger partial charge < -0.3 is 0 Å². The fraction of sp³-hybridized carbons (Fsp3) is 0.357. The molecule has 0 N–H and O–H groups in total. The SMILES string of the molecule is Clc1cc(Cl)c2c(Cl)c3c(nc2c1)CCCCC3. The van der Waals surface area contributed by atoms with Crippen molar-refractivity contribution >= 4 is 45.7 Å². The highest BCUT2D eigenvalue weighted by atomic mass is 35.5. The summed E-state index contributed by atoms with van der Waals surface area (Å²) in [6.07, 6.45) is 5.57. The Morgan fingerprint density at radius 3 is 2.56 bits per heavy atom. The van der Waals surface area contributed by atoms with Gasteiger partial charge in [0.1, 0.15) is 0 Å². The second kappa shape index (κ2) is 4.88. The van der Waals surface area contributed by atoms with Crippen LogP contribution in [0.2, 0.25) is 15.1 Å². The first-order valence-corrected chi connectivity index (χ1v) is 7.26. The van der Waals surface area contributed by atoms with Crippen LogP contribution in [0.3, 0.4) is 0 Å². The predicted octanol–water partition coefficient (Wildman–Crippen LogP) is 5.46. The summed E-state index contributed by atoms with van der Waals surface area (Å²) < 4.78 is 0. The van der Waals surface area contributed by atoms with Gasteiger partial charge >= 0.3 is 0 Å². The Morgan fingerprint density at radius 1 is 0.944 bits per heavy atom. The third-order valence-electron chi connectivity index (χ3n) is 3.46. The van der Waals surface area contributed by atoms with Gasteiger partial charge in [-0.15, -0.1) is 0 Å². The second-order valence-corrected chi connectivity index (χ2v) is 5.92. The number of fused-ring (bicyclic) bond motifs is 2. The van der Waals surface area contributed by atoms with Crippen LogP contribution in [0.25, 0.3) is 10.9 Å². The van der Waals surface area contributed by atoms with E-state index in [0.717, 1.165) is 34.5 Å². The van der Waals surface area contributed by atoms with Crippen LogP contribution in [0.15, 0.2) is 12.1 Å². The van der Waals surface area contributed by atoms with Crippen molar-refractivity contribution in [3.63, 3.8) is 0 Å². The van der Waals surface area contributed by atoms with E-state index in [4.69, 9.17) is 39.8 Å². The van der Waals surface area contributed by atoms with Crippen LogP contribution < -0.4 is 0 Å². The van der Waals surface area contributed by atoms with Crippen molar-refractivity contribution in [2.45, 2.75) is 32.1 Å². The standard InChI is InChI=1S/C14H12Cl3N/c15-8-6-10(16)13-12(7-8)18-11-5-3-1-2-4-9(11)14(13)17/h6-7H,1-5H2. The van der Waals surface area contributed by atoms with Gasteiger partial charge in [0.2, 0.25) is 0 Å². The van der Waals surface area contributed by atoms with Crippen molar-refractivity contribution in [1.82, 2.24) is 4.98 Å². The molecule has 1 heterocycles. The maximum absolute atomic E-state index is 6.52. The van der Waals surface area contributed by atoms with Crippen LogP contribution in [0.5, 0.6) is 0 Å². The van der Waals surface area contributed by atoms with E-state index in [1.807, 2.05) is 6.07 Å². The zero-order valence-corrected chi connectivity index (χ0v) is 12.0. The van der Waals surface area contributed by atoms with Gasteiger partial charge in [-0.05, 0) is 43.4 Å². The number of hydrogen-bond acceptors (Lipinski definition) is 1. The van der Waals surface area contributed by atoms with E-state index in [2.05, 4.69) is 0 Å². The monoisotopic (exact) mass is 299 g/mol. The van der Waals surface area contributed by atoms with Crippen LogP contribution in [-0.2, 0) is 12.8 Å². The van der Waals surface area contributed by atoms with Crippen molar-refractivity contribution < 1.29 is 0 Å². The van der Waals surface area contributed by atoms with Gasteiger partial charge in [-0.25, -0.2) is 0 Å². The van der Waals surface area contributed by atoms with Crippen LogP contribution in [-0.4, -0.2) is 4.98 Å². The lowest BCUT2D eigenvalue weighted by Gasteiger charge is -2.12. The summed E-state index contributed by atoms with van der Waals surface area (Å²) in [5.74, 6) is 0. The Morgan fingerprint density at radius 2 is 1.72 bits per heavy atom. The molecule has 94 valence electrons. The molecule has 0 unspecified atom stereocenters. The molecule has 3 rings (SSSR count). The highest BCUT2D eigenvalue weighted by molar-refractivity contribution is 6.43. The lowest BCUT2D eigenvalue weighted by atomic mass is 10.1. The molecular formula is C14H12Cl3N. The first kappa shape index (κ1) is 12.5. The molecule has 0 fully saturated rings. The van der Waals surface area contributed by atoms with E-state index in [9.17, 15) is 0 Å². The molecule has 1 aliphatic rings. The van der Waals surface area contributed by atoms with Crippen LogP contribution in [0, 0.1) is 0 Å². The summed E-state index contributed by atoms with van der Waals surface area (Å²) in [5.41, 5.74) is 3.09. The maximum Gasteiger partial charge on any atom is 0.0750 e. The number of nitrogens with zero attached hydrogens (tertiary/aromatic N) is 1. The zero-order chi connectivity index (χ0) is 12.7. The molecule has 0 spiro atoms. The Hall–Kier alpha value is -0.500. The molecule has 18 heavy (non-hydrogen) atoms. The van der Waals surface area contributed by atoms with Crippen molar-refractivity contribution in [3.05, 3.63) is 38.5 Å². The normalized spacial score (nSPS) is 15.5. The van der Waals surface area contributed by atoms with E-state index in [1.165, 1.54) is 24.8 Å². The van der Waals surface area contributed by atoms with Gasteiger partial charge in [0.25, 0.3) is 0 Å². The molecule has 0 aliphatic heterocycles. The molecule has 1 nitrogen and oxygen atoms in total. The fourth-order valence-corrected chi connectivity index (χ4v) is 3.62. The molecule has 0 atom stereocenters. The quantitative estimate of drug-likeness (QED) is 0.588. The summed E-state index contributed by atoms with van der Waals surface area (Å²) in [6.45, 7) is 0. The smallest absolute Gasteiger partial charge is 0.0750 e. The van der Waals surface area contributed by atoms with Gasteiger partial charge in [-0.3, -0.25) is 4.98 Å². The minimum atomic E-state index is 0.585. The minimum absolute atomic E-state index is 0.585. The molecule has 0 amide bonds. The molecule has 0 saturated carbocycles. The summed E-state index contributed by atoms with van der Waals surface area (Å²) >= 11 is 18.8. The second-order valence-electron chi connectivity index (χ2n) is 4.69. The highest BCUT2D eigenvalue weighted by Gasteiger charge is 2.17. The van der Waals surface area contributed by atoms with Crippen molar-refractivity contribution in [1.29, 1.82) is 0 Å². The molecule has 0 bridgehead atoms. The first-order valence-electron chi connectivity index (χ1n) is 6.13. The van der Waals surface area contributed by atoms with Gasteiger partial charge in [-0.2, -0.15) is 0 Å². The molecule has 1 aromatic heterocycles. The van der Waals surface area contributed by atoms with Crippen molar-refractivity contribution in [2.24, 2.45) is 0 Å². The Kier molecular flexibility index (Phi) is 3.40. The highest BCUT2D eigenvalue weighted by Crippen LogP contribution is 2.37. The number of hydrogen-bond donors (Lipinski definition) is 0. The maximum atomic E-state index is 6.52. The number of pyridine rings is 1. The number of aryl methyl sites for hydroxylation is 1. The van der Waals surface area contributed by atoms with E-state index in [0.29, 0.717) is 10.0 Å². The lowest BCUT2D eigenvalue weighted by Crippen LogP contribution is -1.98. The Labute approximate surface area is 121 Å². The molecule has 2 aromatic rings. The predicted molar refractivity (Wildman–Crippen MR) is 78.0 cm³/mol. The van der Waals surface area contributed by atoms with Crippen molar-refractivity contribution in [3.8, 4) is 0 Å². The minimum Gasteiger partial charge on any atom is -0.252 e.